The van der Waals surface area contributed by atoms with Crippen molar-refractivity contribution < 1.29 is 14.3 Å². The van der Waals surface area contributed by atoms with E-state index in [1.807, 2.05) is 59.5 Å². The molecule has 0 radical (unpaired) electrons. The minimum Gasteiger partial charge on any atom is -0.497 e. The number of nitrogens with one attached hydrogen (secondary N) is 2. The van der Waals surface area contributed by atoms with Gasteiger partial charge in [-0.25, -0.2) is 0 Å². The largest absolute Gasteiger partial charge is 0.497 e. The number of hydrogen-bond donors (Lipinski definition) is 2. The van der Waals surface area contributed by atoms with E-state index < -0.39 is 0 Å². The maximum Gasteiger partial charge on any atom is 0.270 e. The summed E-state index contributed by atoms with van der Waals surface area (Å²) in [6.45, 7) is 2.85. The number of anilines is 1. The summed E-state index contributed by atoms with van der Waals surface area (Å²) in [6.07, 6.45) is 0. The van der Waals surface area contributed by atoms with E-state index in [-0.39, 0.29) is 11.8 Å². The van der Waals surface area contributed by atoms with Crippen molar-refractivity contribution in [3.63, 3.8) is 0 Å². The SMILES string of the molecule is COc1ccc2cc(C(=O)N3CCN(CC(=O)Nc4ccccc4)CC3)[nH]c2c1. The molecule has 1 aromatic heterocycles. The maximum absolute atomic E-state index is 12.9. The van der Waals surface area contributed by atoms with Gasteiger partial charge in [-0.3, -0.25) is 14.5 Å². The van der Waals surface area contributed by atoms with Crippen LogP contribution in [0.3, 0.4) is 0 Å². The molecule has 1 aliphatic heterocycles. The van der Waals surface area contributed by atoms with Gasteiger partial charge in [-0.15, -0.1) is 0 Å². The van der Waals surface area contributed by atoms with Gasteiger partial charge in [0.05, 0.1) is 13.7 Å². The molecule has 1 saturated heterocycles. The Bertz CT molecular complexity index is 1010. The van der Waals surface area contributed by atoms with Crippen LogP contribution < -0.4 is 10.1 Å². The number of rotatable bonds is 5. The normalized spacial score (nSPS) is 14.7. The van der Waals surface area contributed by atoms with E-state index in [1.165, 1.54) is 0 Å². The Morgan fingerprint density at radius 3 is 2.52 bits per heavy atom. The molecule has 0 aliphatic carbocycles. The molecular formula is C22H24N4O3. The van der Waals surface area contributed by atoms with Crippen LogP contribution in [0.25, 0.3) is 10.9 Å². The second-order valence-corrected chi connectivity index (χ2v) is 7.12. The third-order valence-electron chi connectivity index (χ3n) is 5.14. The third kappa shape index (κ3) is 4.41. The summed E-state index contributed by atoms with van der Waals surface area (Å²) in [4.78, 5) is 32.2. The minimum absolute atomic E-state index is 0.0199. The highest BCUT2D eigenvalue weighted by molar-refractivity contribution is 5.98. The molecular weight excluding hydrogens is 368 g/mol. The fourth-order valence-electron chi connectivity index (χ4n) is 3.55. The maximum atomic E-state index is 12.9. The molecule has 0 bridgehead atoms. The zero-order valence-corrected chi connectivity index (χ0v) is 16.4. The molecule has 4 rings (SSSR count). The van der Waals surface area contributed by atoms with Crippen molar-refractivity contribution in [2.75, 3.05) is 45.2 Å². The predicted octanol–water partition coefficient (Wildman–Crippen LogP) is 2.57. The lowest BCUT2D eigenvalue weighted by Gasteiger charge is -2.34. The highest BCUT2D eigenvalue weighted by atomic mass is 16.5. The van der Waals surface area contributed by atoms with Crippen LogP contribution in [-0.2, 0) is 4.79 Å². The first-order valence-corrected chi connectivity index (χ1v) is 9.65. The Morgan fingerprint density at radius 1 is 1.03 bits per heavy atom. The van der Waals surface area contributed by atoms with Crippen molar-refractivity contribution in [3.05, 3.63) is 60.3 Å². The molecule has 7 heteroatoms. The van der Waals surface area contributed by atoms with Crippen LogP contribution >= 0.6 is 0 Å². The molecule has 0 atom stereocenters. The molecule has 2 heterocycles. The summed E-state index contributed by atoms with van der Waals surface area (Å²) < 4.78 is 5.24. The fourth-order valence-corrected chi connectivity index (χ4v) is 3.55. The monoisotopic (exact) mass is 392 g/mol. The molecule has 1 aliphatic rings. The van der Waals surface area contributed by atoms with E-state index in [4.69, 9.17) is 4.74 Å². The number of ether oxygens (including phenoxy) is 1. The molecule has 1 fully saturated rings. The first kappa shape index (κ1) is 19.0. The topological polar surface area (TPSA) is 77.7 Å². The number of H-pyrrole nitrogens is 1. The number of piperazine rings is 1. The number of para-hydroxylation sites is 1. The van der Waals surface area contributed by atoms with E-state index in [9.17, 15) is 9.59 Å². The van der Waals surface area contributed by atoms with Gasteiger partial charge < -0.3 is 19.9 Å². The molecule has 7 nitrogen and oxygen atoms in total. The summed E-state index contributed by atoms with van der Waals surface area (Å²) >= 11 is 0. The van der Waals surface area contributed by atoms with Gasteiger partial charge >= 0.3 is 0 Å². The first-order valence-electron chi connectivity index (χ1n) is 9.65. The zero-order chi connectivity index (χ0) is 20.2. The number of fused-ring (bicyclic) bond motifs is 1. The van der Waals surface area contributed by atoms with Crippen molar-refractivity contribution in [1.82, 2.24) is 14.8 Å². The van der Waals surface area contributed by atoms with Gasteiger partial charge in [0.15, 0.2) is 0 Å². The van der Waals surface area contributed by atoms with Gasteiger partial charge in [0.25, 0.3) is 5.91 Å². The van der Waals surface area contributed by atoms with Gasteiger partial charge in [0.1, 0.15) is 11.4 Å². The molecule has 2 aromatic carbocycles. The summed E-state index contributed by atoms with van der Waals surface area (Å²) in [7, 11) is 1.62. The van der Waals surface area contributed by atoms with Crippen LogP contribution in [0.4, 0.5) is 5.69 Å². The Hall–Kier alpha value is -3.32. The molecule has 0 unspecified atom stereocenters. The number of hydrogen-bond acceptors (Lipinski definition) is 4. The molecule has 2 amide bonds. The van der Waals surface area contributed by atoms with Crippen LogP contribution in [0.15, 0.2) is 54.6 Å². The average Bonchev–Trinajstić information content (AvgIpc) is 3.17. The van der Waals surface area contributed by atoms with Crippen molar-refractivity contribution in [2.45, 2.75) is 0 Å². The standard InChI is InChI=1S/C22H24N4O3/c1-29-18-8-7-16-13-20(24-19(16)14-18)22(28)26-11-9-25(10-12-26)15-21(27)23-17-5-3-2-4-6-17/h2-8,13-14,24H,9-12,15H2,1H3,(H,23,27). The Kier molecular flexibility index (Phi) is 5.48. The minimum atomic E-state index is -0.0412. The van der Waals surface area contributed by atoms with Crippen LogP contribution in [-0.4, -0.2) is 66.4 Å². The van der Waals surface area contributed by atoms with Crippen LogP contribution in [0, 0.1) is 0 Å². The third-order valence-corrected chi connectivity index (χ3v) is 5.14. The lowest BCUT2D eigenvalue weighted by Crippen LogP contribution is -2.50. The number of aromatic nitrogens is 1. The summed E-state index contributed by atoms with van der Waals surface area (Å²) in [5, 5.41) is 3.87. The number of methoxy groups -OCH3 is 1. The van der Waals surface area contributed by atoms with E-state index >= 15 is 0 Å². The van der Waals surface area contributed by atoms with Gasteiger partial charge in [-0.1, -0.05) is 18.2 Å². The van der Waals surface area contributed by atoms with Crippen molar-refractivity contribution in [1.29, 1.82) is 0 Å². The van der Waals surface area contributed by atoms with Gasteiger partial charge in [0.2, 0.25) is 5.91 Å². The fraction of sp³-hybridized carbons (Fsp3) is 0.273. The van der Waals surface area contributed by atoms with E-state index in [0.717, 1.165) is 22.3 Å². The predicted molar refractivity (Wildman–Crippen MR) is 112 cm³/mol. The molecule has 29 heavy (non-hydrogen) atoms. The second kappa shape index (κ2) is 8.36. The van der Waals surface area contributed by atoms with E-state index in [1.54, 1.807) is 7.11 Å². The molecule has 2 N–H and O–H groups in total. The molecule has 0 spiro atoms. The zero-order valence-electron chi connectivity index (χ0n) is 16.4. The highest BCUT2D eigenvalue weighted by Crippen LogP contribution is 2.22. The van der Waals surface area contributed by atoms with Gasteiger partial charge in [0, 0.05) is 48.8 Å². The highest BCUT2D eigenvalue weighted by Gasteiger charge is 2.24. The van der Waals surface area contributed by atoms with Crippen molar-refractivity contribution in [2.24, 2.45) is 0 Å². The Morgan fingerprint density at radius 2 is 1.79 bits per heavy atom. The van der Waals surface area contributed by atoms with E-state index in [0.29, 0.717) is 38.4 Å². The molecule has 3 aromatic rings. The number of nitrogens with zero attached hydrogens (tertiary/aromatic N) is 2. The number of carbonyl (C=O) groups is 2. The van der Waals surface area contributed by atoms with E-state index in [2.05, 4.69) is 15.2 Å². The van der Waals surface area contributed by atoms with Crippen LogP contribution in [0.2, 0.25) is 0 Å². The second-order valence-electron chi connectivity index (χ2n) is 7.12. The van der Waals surface area contributed by atoms with Crippen LogP contribution in [0.5, 0.6) is 5.75 Å². The number of benzene rings is 2. The van der Waals surface area contributed by atoms with Crippen LogP contribution in [0.1, 0.15) is 10.5 Å². The van der Waals surface area contributed by atoms with Crippen molar-refractivity contribution >= 4 is 28.4 Å². The Labute approximate surface area is 169 Å². The summed E-state index contributed by atoms with van der Waals surface area (Å²) in [6, 6.07) is 17.0. The average molecular weight is 392 g/mol. The summed E-state index contributed by atoms with van der Waals surface area (Å²) in [5.74, 6) is 0.690. The molecule has 150 valence electrons. The van der Waals surface area contributed by atoms with Crippen molar-refractivity contribution in [3.8, 4) is 5.75 Å². The number of carbonyl (C=O) groups excluding carboxylic acids is 2. The number of amides is 2. The Balaban J connectivity index is 1.32. The molecule has 0 saturated carbocycles. The lowest BCUT2D eigenvalue weighted by molar-refractivity contribution is -0.117. The number of aromatic amines is 1. The smallest absolute Gasteiger partial charge is 0.270 e. The van der Waals surface area contributed by atoms with Gasteiger partial charge in [-0.2, -0.15) is 0 Å². The quantitative estimate of drug-likeness (QED) is 0.700. The first-order chi connectivity index (χ1) is 14.1. The lowest BCUT2D eigenvalue weighted by atomic mass is 10.2. The van der Waals surface area contributed by atoms with Gasteiger partial charge in [-0.05, 0) is 30.3 Å². The summed E-state index contributed by atoms with van der Waals surface area (Å²) in [5.41, 5.74) is 2.24.